The van der Waals surface area contributed by atoms with Crippen molar-refractivity contribution in [1.82, 2.24) is 15.5 Å². The molecule has 2 unspecified atom stereocenters. The summed E-state index contributed by atoms with van der Waals surface area (Å²) in [5.74, 6) is -0.888. The van der Waals surface area contributed by atoms with E-state index < -0.39 is 11.8 Å². The highest BCUT2D eigenvalue weighted by Gasteiger charge is 2.33. The van der Waals surface area contributed by atoms with Crippen LogP contribution >= 0.6 is 0 Å². The summed E-state index contributed by atoms with van der Waals surface area (Å²) in [5, 5.41) is 4.89. The van der Waals surface area contributed by atoms with Crippen LogP contribution in [-0.4, -0.2) is 47.8 Å². The third-order valence-electron chi connectivity index (χ3n) is 3.77. The molecule has 0 aromatic heterocycles. The predicted octanol–water partition coefficient (Wildman–Crippen LogP) is -0.785. The summed E-state index contributed by atoms with van der Waals surface area (Å²) >= 11 is 0. The lowest BCUT2D eigenvalue weighted by molar-refractivity contribution is -0.135. The Bertz CT molecular complexity index is 375. The van der Waals surface area contributed by atoms with Crippen molar-refractivity contribution in [3.63, 3.8) is 0 Å². The molecule has 2 atom stereocenters. The molecule has 2 amide bonds. The van der Waals surface area contributed by atoms with E-state index in [1.165, 1.54) is 19.4 Å². The summed E-state index contributed by atoms with van der Waals surface area (Å²) in [7, 11) is 0. The van der Waals surface area contributed by atoms with Gasteiger partial charge in [0, 0.05) is 12.6 Å². The van der Waals surface area contributed by atoms with Crippen LogP contribution in [0.15, 0.2) is 4.99 Å². The maximum Gasteiger partial charge on any atom is 0.316 e. The lowest BCUT2D eigenvalue weighted by Gasteiger charge is -2.33. The van der Waals surface area contributed by atoms with Gasteiger partial charge in [0.1, 0.15) is 0 Å². The molecule has 0 aromatic carbocycles. The van der Waals surface area contributed by atoms with Gasteiger partial charge in [-0.3, -0.25) is 20.2 Å². The van der Waals surface area contributed by atoms with Crippen LogP contribution in [-0.2, 0) is 9.59 Å². The maximum atomic E-state index is 11.0. The van der Waals surface area contributed by atoms with Gasteiger partial charge in [-0.25, -0.2) is 4.99 Å². The third kappa shape index (κ3) is 2.04. The molecule has 0 aromatic rings. The standard InChI is InChI=1S/C11H16N4O2/c16-9-10(17)14-11(13-9)12-7-3-5-15-4-1-2-8(15)6-7/h7-8H,1-6H2,(H2,12,13,14,16,17). The summed E-state index contributed by atoms with van der Waals surface area (Å²) in [6.45, 7) is 2.29. The number of piperidine rings is 1. The van der Waals surface area contributed by atoms with E-state index in [2.05, 4.69) is 20.5 Å². The molecule has 0 bridgehead atoms. The zero-order valence-corrected chi connectivity index (χ0v) is 9.61. The molecule has 17 heavy (non-hydrogen) atoms. The fourth-order valence-corrected chi connectivity index (χ4v) is 2.93. The van der Waals surface area contributed by atoms with Crippen molar-refractivity contribution in [2.75, 3.05) is 13.1 Å². The van der Waals surface area contributed by atoms with Crippen molar-refractivity contribution in [3.8, 4) is 0 Å². The van der Waals surface area contributed by atoms with Gasteiger partial charge in [-0.05, 0) is 32.2 Å². The molecule has 0 radical (unpaired) electrons. The topological polar surface area (TPSA) is 73.8 Å². The van der Waals surface area contributed by atoms with Gasteiger partial charge in [0.2, 0.25) is 5.96 Å². The summed E-state index contributed by atoms with van der Waals surface area (Å²) in [4.78, 5) is 28.9. The number of aliphatic imine (C=N–C) groups is 1. The number of hydrogen-bond acceptors (Lipinski definition) is 4. The Morgan fingerprint density at radius 1 is 1.12 bits per heavy atom. The maximum absolute atomic E-state index is 11.0. The van der Waals surface area contributed by atoms with E-state index >= 15 is 0 Å². The normalized spacial score (nSPS) is 33.3. The Morgan fingerprint density at radius 3 is 2.65 bits per heavy atom. The van der Waals surface area contributed by atoms with Gasteiger partial charge in [-0.15, -0.1) is 0 Å². The van der Waals surface area contributed by atoms with Gasteiger partial charge in [-0.2, -0.15) is 0 Å². The Kier molecular flexibility index (Phi) is 2.58. The number of fused-ring (bicyclic) bond motifs is 1. The molecule has 3 heterocycles. The van der Waals surface area contributed by atoms with E-state index in [-0.39, 0.29) is 6.04 Å². The fraction of sp³-hybridized carbons (Fsp3) is 0.727. The molecule has 0 aliphatic carbocycles. The summed E-state index contributed by atoms with van der Waals surface area (Å²) in [6.07, 6.45) is 4.57. The van der Waals surface area contributed by atoms with E-state index in [0.717, 1.165) is 19.4 Å². The average molecular weight is 236 g/mol. The zero-order chi connectivity index (χ0) is 11.8. The SMILES string of the molecule is O=C1NC(=NC2CCN3CCCC3C2)NC1=O. The van der Waals surface area contributed by atoms with Crippen LogP contribution in [0.4, 0.5) is 0 Å². The smallest absolute Gasteiger partial charge is 0.300 e. The summed E-state index contributed by atoms with van der Waals surface area (Å²) in [5.41, 5.74) is 0. The van der Waals surface area contributed by atoms with E-state index in [4.69, 9.17) is 0 Å². The second-order valence-corrected chi connectivity index (χ2v) is 4.90. The minimum absolute atomic E-state index is 0.225. The zero-order valence-electron chi connectivity index (χ0n) is 9.61. The first kappa shape index (κ1) is 10.7. The van der Waals surface area contributed by atoms with Crippen molar-refractivity contribution < 1.29 is 9.59 Å². The lowest BCUT2D eigenvalue weighted by atomic mass is 9.98. The molecule has 92 valence electrons. The van der Waals surface area contributed by atoms with Gasteiger partial charge < -0.3 is 4.90 Å². The molecule has 3 fully saturated rings. The number of guanidine groups is 1. The Balaban J connectivity index is 1.64. The largest absolute Gasteiger partial charge is 0.316 e. The molecule has 3 rings (SSSR count). The molecular formula is C11H16N4O2. The number of rotatable bonds is 1. The number of nitrogens with one attached hydrogen (secondary N) is 2. The van der Waals surface area contributed by atoms with Crippen molar-refractivity contribution in [1.29, 1.82) is 0 Å². The Hall–Kier alpha value is -1.43. The molecule has 0 saturated carbocycles. The quantitative estimate of drug-likeness (QED) is 0.586. The van der Waals surface area contributed by atoms with Gasteiger partial charge in [0.05, 0.1) is 6.04 Å². The second-order valence-electron chi connectivity index (χ2n) is 4.90. The van der Waals surface area contributed by atoms with Gasteiger partial charge in [0.15, 0.2) is 0 Å². The lowest BCUT2D eigenvalue weighted by Crippen LogP contribution is -2.40. The van der Waals surface area contributed by atoms with E-state index in [1.807, 2.05) is 0 Å². The molecule has 3 saturated heterocycles. The first-order valence-electron chi connectivity index (χ1n) is 6.16. The number of nitrogens with zero attached hydrogens (tertiary/aromatic N) is 2. The van der Waals surface area contributed by atoms with Crippen LogP contribution in [0, 0.1) is 0 Å². The van der Waals surface area contributed by atoms with Crippen molar-refractivity contribution in [3.05, 3.63) is 0 Å². The minimum atomic E-state index is -0.609. The molecule has 6 nitrogen and oxygen atoms in total. The summed E-state index contributed by atoms with van der Waals surface area (Å²) < 4.78 is 0. The average Bonchev–Trinajstić information content (AvgIpc) is 2.86. The van der Waals surface area contributed by atoms with Gasteiger partial charge in [0.25, 0.3) is 0 Å². The Labute approximate surface area is 99.4 Å². The number of hydrogen-bond donors (Lipinski definition) is 2. The van der Waals surface area contributed by atoms with E-state index in [1.54, 1.807) is 0 Å². The monoisotopic (exact) mass is 236 g/mol. The van der Waals surface area contributed by atoms with Crippen LogP contribution in [0.25, 0.3) is 0 Å². The number of carbonyl (C=O) groups is 2. The molecule has 3 aliphatic heterocycles. The van der Waals surface area contributed by atoms with Crippen LogP contribution in [0.5, 0.6) is 0 Å². The van der Waals surface area contributed by atoms with E-state index in [9.17, 15) is 9.59 Å². The second kappa shape index (κ2) is 4.10. The van der Waals surface area contributed by atoms with Crippen LogP contribution < -0.4 is 10.6 Å². The predicted molar refractivity (Wildman–Crippen MR) is 61.3 cm³/mol. The highest BCUT2D eigenvalue weighted by atomic mass is 16.2. The van der Waals surface area contributed by atoms with Gasteiger partial charge >= 0.3 is 11.8 Å². The molecule has 3 aliphatic rings. The van der Waals surface area contributed by atoms with Crippen LogP contribution in [0.3, 0.4) is 0 Å². The molecular weight excluding hydrogens is 220 g/mol. The van der Waals surface area contributed by atoms with Gasteiger partial charge in [-0.1, -0.05) is 0 Å². The van der Waals surface area contributed by atoms with Crippen LogP contribution in [0.1, 0.15) is 25.7 Å². The fourth-order valence-electron chi connectivity index (χ4n) is 2.93. The van der Waals surface area contributed by atoms with E-state index in [0.29, 0.717) is 12.0 Å². The highest BCUT2D eigenvalue weighted by molar-refractivity contribution is 6.45. The number of carbonyl (C=O) groups excluding carboxylic acids is 2. The Morgan fingerprint density at radius 2 is 1.88 bits per heavy atom. The first-order chi connectivity index (χ1) is 8.22. The number of amides is 2. The first-order valence-corrected chi connectivity index (χ1v) is 6.16. The summed E-state index contributed by atoms with van der Waals surface area (Å²) in [6, 6.07) is 0.869. The van der Waals surface area contributed by atoms with Crippen LogP contribution in [0.2, 0.25) is 0 Å². The van der Waals surface area contributed by atoms with Crippen molar-refractivity contribution in [2.45, 2.75) is 37.8 Å². The molecule has 0 spiro atoms. The minimum Gasteiger partial charge on any atom is -0.300 e. The molecule has 2 N–H and O–H groups in total. The third-order valence-corrected chi connectivity index (χ3v) is 3.77. The van der Waals surface area contributed by atoms with Crippen molar-refractivity contribution in [2.24, 2.45) is 4.99 Å². The van der Waals surface area contributed by atoms with Crippen molar-refractivity contribution >= 4 is 17.8 Å². The molecule has 6 heteroatoms. The highest BCUT2D eigenvalue weighted by Crippen LogP contribution is 2.28.